The lowest BCUT2D eigenvalue weighted by atomic mass is 10.0. The van der Waals surface area contributed by atoms with Crippen LogP contribution in [-0.4, -0.2) is 19.0 Å². The summed E-state index contributed by atoms with van der Waals surface area (Å²) in [5.41, 5.74) is 1.77. The maximum atomic E-state index is 11.5. The Morgan fingerprint density at radius 1 is 1.25 bits per heavy atom. The van der Waals surface area contributed by atoms with E-state index >= 15 is 0 Å². The largest absolute Gasteiger partial charge is 0.490 e. The maximum Gasteiger partial charge on any atom is 0.161 e. The Kier molecular flexibility index (Phi) is 3.13. The van der Waals surface area contributed by atoms with Gasteiger partial charge in [-0.2, -0.15) is 0 Å². The smallest absolute Gasteiger partial charge is 0.161 e. The lowest BCUT2D eigenvalue weighted by molar-refractivity contribution is 0.101. The van der Waals surface area contributed by atoms with Crippen molar-refractivity contribution in [1.29, 1.82) is 0 Å². The van der Waals surface area contributed by atoms with Crippen LogP contribution in [0.3, 0.4) is 0 Å². The Labute approximate surface area is 95.4 Å². The minimum Gasteiger partial charge on any atom is -0.490 e. The van der Waals surface area contributed by atoms with Crippen molar-refractivity contribution in [2.24, 2.45) is 0 Å². The highest BCUT2D eigenvalue weighted by atomic mass is 16.5. The van der Waals surface area contributed by atoms with E-state index in [0.717, 1.165) is 29.7 Å². The van der Waals surface area contributed by atoms with Gasteiger partial charge in [-0.1, -0.05) is 6.92 Å². The molecule has 1 heterocycles. The number of hydrogen-bond acceptors (Lipinski definition) is 3. The molecule has 3 nitrogen and oxygen atoms in total. The highest BCUT2D eigenvalue weighted by Crippen LogP contribution is 2.33. The van der Waals surface area contributed by atoms with Crippen molar-refractivity contribution in [1.82, 2.24) is 0 Å². The fraction of sp³-hybridized carbons (Fsp3) is 0.462. The number of rotatable bonds is 2. The minimum absolute atomic E-state index is 0.0764. The van der Waals surface area contributed by atoms with Crippen LogP contribution in [0.25, 0.3) is 0 Å². The van der Waals surface area contributed by atoms with Crippen molar-refractivity contribution in [2.75, 3.05) is 13.2 Å². The highest BCUT2D eigenvalue weighted by molar-refractivity contribution is 5.96. The predicted octanol–water partition coefficient (Wildman–Crippen LogP) is 2.61. The molecule has 1 aliphatic rings. The molecule has 0 unspecified atom stereocenters. The zero-order chi connectivity index (χ0) is 11.5. The average molecular weight is 220 g/mol. The molecule has 0 aliphatic carbocycles. The normalized spacial score (nSPS) is 14.4. The molecule has 0 bridgehead atoms. The van der Waals surface area contributed by atoms with Crippen molar-refractivity contribution in [3.63, 3.8) is 0 Å². The summed E-state index contributed by atoms with van der Waals surface area (Å²) in [6, 6.07) is 3.74. The van der Waals surface area contributed by atoms with E-state index in [0.29, 0.717) is 19.0 Å². The first-order valence-electron chi connectivity index (χ1n) is 5.66. The Balaban J connectivity index is 2.48. The summed E-state index contributed by atoms with van der Waals surface area (Å²) in [6.07, 6.45) is 1.71. The first kappa shape index (κ1) is 11.0. The van der Waals surface area contributed by atoms with Crippen molar-refractivity contribution < 1.29 is 14.3 Å². The molecule has 0 saturated carbocycles. The zero-order valence-corrected chi connectivity index (χ0v) is 9.71. The fourth-order valence-electron chi connectivity index (χ4n) is 1.87. The van der Waals surface area contributed by atoms with Crippen molar-refractivity contribution >= 4 is 5.78 Å². The van der Waals surface area contributed by atoms with Crippen molar-refractivity contribution in [2.45, 2.75) is 26.7 Å². The van der Waals surface area contributed by atoms with Gasteiger partial charge < -0.3 is 9.47 Å². The first-order chi connectivity index (χ1) is 7.72. The molecule has 0 saturated heterocycles. The lowest BCUT2D eigenvalue weighted by Crippen LogP contribution is -2.01. The molecule has 0 N–H and O–H groups in total. The van der Waals surface area contributed by atoms with Gasteiger partial charge in [0, 0.05) is 12.0 Å². The Bertz CT molecular complexity index is 410. The predicted molar refractivity (Wildman–Crippen MR) is 61.4 cm³/mol. The van der Waals surface area contributed by atoms with E-state index in [-0.39, 0.29) is 5.78 Å². The van der Waals surface area contributed by atoms with Gasteiger partial charge in [0.15, 0.2) is 17.3 Å². The molecule has 2 rings (SSSR count). The number of hydrogen-bond donors (Lipinski definition) is 0. The van der Waals surface area contributed by atoms with E-state index in [1.165, 1.54) is 0 Å². The van der Waals surface area contributed by atoms with Gasteiger partial charge in [0.1, 0.15) is 0 Å². The van der Waals surface area contributed by atoms with Crippen LogP contribution in [0.4, 0.5) is 0 Å². The third-order valence-electron chi connectivity index (χ3n) is 2.73. The number of Topliss-reactive ketones (excluding diaryl/α,β-unsaturated/α-hetero) is 1. The summed E-state index contributed by atoms with van der Waals surface area (Å²) >= 11 is 0. The lowest BCUT2D eigenvalue weighted by Gasteiger charge is -2.12. The van der Waals surface area contributed by atoms with Gasteiger partial charge in [0.25, 0.3) is 0 Å². The maximum absolute atomic E-state index is 11.5. The second-order valence-corrected chi connectivity index (χ2v) is 3.92. The van der Waals surface area contributed by atoms with Crippen LogP contribution >= 0.6 is 0 Å². The molecule has 1 aliphatic heterocycles. The highest BCUT2D eigenvalue weighted by Gasteiger charge is 2.15. The van der Waals surface area contributed by atoms with Crippen LogP contribution in [0.1, 0.15) is 36.2 Å². The molecule has 16 heavy (non-hydrogen) atoms. The molecule has 0 fully saturated rings. The third-order valence-corrected chi connectivity index (χ3v) is 2.73. The monoisotopic (exact) mass is 220 g/mol. The summed E-state index contributed by atoms with van der Waals surface area (Å²) in [4.78, 5) is 11.5. The minimum atomic E-state index is 0.0764. The molecule has 0 atom stereocenters. The SMILES string of the molecule is CCc1cc2c(cc1C(C)=O)OCCCO2. The quantitative estimate of drug-likeness (QED) is 0.719. The standard InChI is InChI=1S/C13H16O3/c1-3-10-7-12-13(8-11(10)9(2)14)16-6-4-5-15-12/h7-8H,3-6H2,1-2H3. The molecule has 0 amide bonds. The van der Waals surface area contributed by atoms with Gasteiger partial charge in [-0.15, -0.1) is 0 Å². The Morgan fingerprint density at radius 3 is 2.44 bits per heavy atom. The topological polar surface area (TPSA) is 35.5 Å². The Hall–Kier alpha value is -1.51. The second-order valence-electron chi connectivity index (χ2n) is 3.92. The molecule has 86 valence electrons. The first-order valence-corrected chi connectivity index (χ1v) is 5.66. The van der Waals surface area contributed by atoms with Gasteiger partial charge >= 0.3 is 0 Å². The number of ketones is 1. The molecule has 1 aromatic rings. The van der Waals surface area contributed by atoms with Gasteiger partial charge in [-0.3, -0.25) is 4.79 Å². The van der Waals surface area contributed by atoms with E-state index in [9.17, 15) is 4.79 Å². The van der Waals surface area contributed by atoms with E-state index in [1.54, 1.807) is 6.92 Å². The van der Waals surface area contributed by atoms with E-state index in [4.69, 9.17) is 9.47 Å². The summed E-state index contributed by atoms with van der Waals surface area (Å²) in [6.45, 7) is 4.94. The van der Waals surface area contributed by atoms with Crippen LogP contribution in [0.5, 0.6) is 11.5 Å². The van der Waals surface area contributed by atoms with E-state index < -0.39 is 0 Å². The Morgan fingerprint density at radius 2 is 1.88 bits per heavy atom. The molecule has 0 spiro atoms. The van der Waals surface area contributed by atoms with Crippen LogP contribution in [0.2, 0.25) is 0 Å². The number of aryl methyl sites for hydroxylation is 1. The number of fused-ring (bicyclic) bond motifs is 1. The number of carbonyl (C=O) groups is 1. The third kappa shape index (κ3) is 2.03. The van der Waals surface area contributed by atoms with Crippen LogP contribution in [0.15, 0.2) is 12.1 Å². The van der Waals surface area contributed by atoms with E-state index in [1.807, 2.05) is 19.1 Å². The number of carbonyl (C=O) groups excluding carboxylic acids is 1. The summed E-state index contributed by atoms with van der Waals surface area (Å²) in [5.74, 6) is 1.53. The molecular weight excluding hydrogens is 204 g/mol. The molecule has 0 aromatic heterocycles. The number of benzene rings is 1. The van der Waals surface area contributed by atoms with Gasteiger partial charge in [-0.05, 0) is 31.0 Å². The van der Waals surface area contributed by atoms with Gasteiger partial charge in [0.2, 0.25) is 0 Å². The van der Waals surface area contributed by atoms with Crippen LogP contribution < -0.4 is 9.47 Å². The van der Waals surface area contributed by atoms with Crippen molar-refractivity contribution in [3.8, 4) is 11.5 Å². The van der Waals surface area contributed by atoms with Gasteiger partial charge in [0.05, 0.1) is 13.2 Å². The fourth-order valence-corrected chi connectivity index (χ4v) is 1.87. The summed E-state index contributed by atoms with van der Waals surface area (Å²) < 4.78 is 11.2. The van der Waals surface area contributed by atoms with Crippen molar-refractivity contribution in [3.05, 3.63) is 23.3 Å². The molecule has 0 radical (unpaired) electrons. The molecule has 3 heteroatoms. The summed E-state index contributed by atoms with van der Waals surface area (Å²) in [7, 11) is 0. The summed E-state index contributed by atoms with van der Waals surface area (Å²) in [5, 5.41) is 0. The second kappa shape index (κ2) is 4.56. The van der Waals surface area contributed by atoms with Gasteiger partial charge in [-0.25, -0.2) is 0 Å². The average Bonchev–Trinajstić information content (AvgIpc) is 2.51. The molecule has 1 aromatic carbocycles. The zero-order valence-electron chi connectivity index (χ0n) is 9.71. The van der Waals surface area contributed by atoms with Crippen LogP contribution in [-0.2, 0) is 6.42 Å². The molecular formula is C13H16O3. The number of ether oxygens (including phenoxy) is 2. The van der Waals surface area contributed by atoms with E-state index in [2.05, 4.69) is 0 Å². The van der Waals surface area contributed by atoms with Crippen LogP contribution in [0, 0.1) is 0 Å².